The molecule has 0 saturated heterocycles. The lowest BCUT2D eigenvalue weighted by molar-refractivity contribution is 0.101. The lowest BCUT2D eigenvalue weighted by Crippen LogP contribution is -2.18. The van der Waals surface area contributed by atoms with Crippen molar-refractivity contribution in [2.45, 2.75) is 0 Å². The van der Waals surface area contributed by atoms with Crippen molar-refractivity contribution >= 4 is 46.1 Å². The van der Waals surface area contributed by atoms with Crippen molar-refractivity contribution in [3.05, 3.63) is 106 Å². The molecule has 0 radical (unpaired) electrons. The maximum absolute atomic E-state index is 13.0. The van der Waals surface area contributed by atoms with Crippen LogP contribution in [0, 0.1) is 0 Å². The number of anilines is 3. The summed E-state index contributed by atoms with van der Waals surface area (Å²) < 4.78 is 5.12. The second-order valence-electron chi connectivity index (χ2n) is 7.19. The van der Waals surface area contributed by atoms with Crippen LogP contribution in [0.25, 0.3) is 0 Å². The van der Waals surface area contributed by atoms with E-state index in [1.165, 1.54) is 11.3 Å². The summed E-state index contributed by atoms with van der Waals surface area (Å²) in [6.45, 7) is 0. The third kappa shape index (κ3) is 5.48. The fourth-order valence-electron chi connectivity index (χ4n) is 3.20. The Morgan fingerprint density at radius 2 is 1.41 bits per heavy atom. The SMILES string of the molecule is COc1ccc(C(=O)Nc2ccccc2C(=O)Nc2cccc(NC(=O)c3cccs3)c2)cc1. The van der Waals surface area contributed by atoms with Crippen LogP contribution in [0.3, 0.4) is 0 Å². The molecule has 8 heteroatoms. The van der Waals surface area contributed by atoms with Crippen LogP contribution >= 0.6 is 11.3 Å². The van der Waals surface area contributed by atoms with E-state index >= 15 is 0 Å². The second kappa shape index (κ2) is 10.5. The molecule has 0 spiro atoms. The predicted molar refractivity (Wildman–Crippen MR) is 134 cm³/mol. The first-order valence-electron chi connectivity index (χ1n) is 10.3. The van der Waals surface area contributed by atoms with E-state index in [9.17, 15) is 14.4 Å². The highest BCUT2D eigenvalue weighted by Crippen LogP contribution is 2.22. The maximum atomic E-state index is 13.0. The molecule has 0 aliphatic carbocycles. The minimum Gasteiger partial charge on any atom is -0.497 e. The molecule has 4 aromatic rings. The molecule has 0 aliphatic heterocycles. The molecule has 0 atom stereocenters. The monoisotopic (exact) mass is 471 g/mol. The molecule has 0 aliphatic rings. The van der Waals surface area contributed by atoms with Crippen molar-refractivity contribution in [1.82, 2.24) is 0 Å². The molecule has 4 rings (SSSR count). The van der Waals surface area contributed by atoms with Gasteiger partial charge in [0, 0.05) is 16.9 Å². The van der Waals surface area contributed by atoms with E-state index in [1.807, 2.05) is 5.38 Å². The van der Waals surface area contributed by atoms with Gasteiger partial charge in [-0.25, -0.2) is 0 Å². The van der Waals surface area contributed by atoms with Gasteiger partial charge in [0.1, 0.15) is 5.75 Å². The Kier molecular flexibility index (Phi) is 7.00. The molecule has 0 bridgehead atoms. The van der Waals surface area contributed by atoms with Crippen LogP contribution in [-0.4, -0.2) is 24.8 Å². The lowest BCUT2D eigenvalue weighted by atomic mass is 10.1. The smallest absolute Gasteiger partial charge is 0.265 e. The number of para-hydroxylation sites is 1. The molecule has 34 heavy (non-hydrogen) atoms. The Morgan fingerprint density at radius 3 is 2.09 bits per heavy atom. The molecule has 3 N–H and O–H groups in total. The molecule has 3 aromatic carbocycles. The number of benzene rings is 3. The van der Waals surface area contributed by atoms with Crippen LogP contribution in [0.4, 0.5) is 17.1 Å². The largest absolute Gasteiger partial charge is 0.497 e. The van der Waals surface area contributed by atoms with Crippen molar-refractivity contribution in [3.8, 4) is 5.75 Å². The lowest BCUT2D eigenvalue weighted by Gasteiger charge is -2.12. The number of nitrogens with one attached hydrogen (secondary N) is 3. The van der Waals surface area contributed by atoms with Gasteiger partial charge in [-0.2, -0.15) is 0 Å². The highest BCUT2D eigenvalue weighted by atomic mass is 32.1. The van der Waals surface area contributed by atoms with Crippen LogP contribution in [0.2, 0.25) is 0 Å². The van der Waals surface area contributed by atoms with Gasteiger partial charge in [-0.1, -0.05) is 24.3 Å². The number of carbonyl (C=O) groups is 3. The number of hydrogen-bond donors (Lipinski definition) is 3. The third-order valence-corrected chi connectivity index (χ3v) is 5.76. The van der Waals surface area contributed by atoms with E-state index in [0.29, 0.717) is 38.8 Å². The molecule has 3 amide bonds. The zero-order valence-corrected chi connectivity index (χ0v) is 19.0. The number of carbonyl (C=O) groups excluding carboxylic acids is 3. The van der Waals surface area contributed by atoms with Gasteiger partial charge in [0.05, 0.1) is 23.2 Å². The standard InChI is InChI=1S/C26H21N3O4S/c1-33-20-13-11-17(12-14-20)24(30)29-22-9-3-2-8-21(22)25(31)27-18-6-4-7-19(16-18)28-26(32)23-10-5-15-34-23/h2-16H,1H3,(H,27,31)(H,28,32)(H,29,30). The summed E-state index contributed by atoms with van der Waals surface area (Å²) >= 11 is 1.35. The van der Waals surface area contributed by atoms with E-state index in [2.05, 4.69) is 16.0 Å². The normalized spacial score (nSPS) is 10.3. The second-order valence-corrected chi connectivity index (χ2v) is 8.14. The van der Waals surface area contributed by atoms with E-state index in [-0.39, 0.29) is 11.8 Å². The summed E-state index contributed by atoms with van der Waals surface area (Å²) in [5.41, 5.74) is 2.17. The minimum atomic E-state index is -0.396. The van der Waals surface area contributed by atoms with Crippen LogP contribution in [-0.2, 0) is 0 Å². The zero-order chi connectivity index (χ0) is 23.9. The van der Waals surface area contributed by atoms with E-state index in [1.54, 1.807) is 92.0 Å². The van der Waals surface area contributed by atoms with Crippen LogP contribution in [0.15, 0.2) is 90.3 Å². The summed E-state index contributed by atoms with van der Waals surface area (Å²) in [5.74, 6) is -0.316. The van der Waals surface area contributed by atoms with Gasteiger partial charge >= 0.3 is 0 Å². The molecule has 1 aromatic heterocycles. The van der Waals surface area contributed by atoms with Crippen molar-refractivity contribution < 1.29 is 19.1 Å². The van der Waals surface area contributed by atoms with Gasteiger partial charge in [0.2, 0.25) is 0 Å². The summed E-state index contributed by atoms with van der Waals surface area (Å²) in [6.07, 6.45) is 0. The molecular weight excluding hydrogens is 450 g/mol. The Bertz CT molecular complexity index is 1320. The van der Waals surface area contributed by atoms with Gasteiger partial charge < -0.3 is 20.7 Å². The van der Waals surface area contributed by atoms with Crippen molar-refractivity contribution in [1.29, 1.82) is 0 Å². The maximum Gasteiger partial charge on any atom is 0.265 e. The minimum absolute atomic E-state index is 0.218. The van der Waals surface area contributed by atoms with E-state index < -0.39 is 5.91 Å². The first kappa shape index (κ1) is 22.8. The average Bonchev–Trinajstić information content (AvgIpc) is 3.40. The Labute approximate surface area is 200 Å². The number of methoxy groups -OCH3 is 1. The Hall–Kier alpha value is -4.43. The average molecular weight is 472 g/mol. The first-order valence-corrected chi connectivity index (χ1v) is 11.2. The molecule has 170 valence electrons. The summed E-state index contributed by atoms with van der Waals surface area (Å²) in [6, 6.07) is 23.8. The van der Waals surface area contributed by atoms with Crippen molar-refractivity contribution in [2.24, 2.45) is 0 Å². The fourth-order valence-corrected chi connectivity index (χ4v) is 3.82. The highest BCUT2D eigenvalue weighted by molar-refractivity contribution is 7.12. The number of ether oxygens (including phenoxy) is 1. The number of amides is 3. The van der Waals surface area contributed by atoms with Crippen LogP contribution in [0.5, 0.6) is 5.75 Å². The number of hydrogen-bond acceptors (Lipinski definition) is 5. The Balaban J connectivity index is 1.46. The van der Waals surface area contributed by atoms with Gasteiger partial charge in [0.15, 0.2) is 0 Å². The van der Waals surface area contributed by atoms with Gasteiger partial charge in [-0.05, 0) is 66.0 Å². The summed E-state index contributed by atoms with van der Waals surface area (Å²) in [5, 5.41) is 10.3. The summed E-state index contributed by atoms with van der Waals surface area (Å²) in [4.78, 5) is 38.5. The van der Waals surface area contributed by atoms with Crippen molar-refractivity contribution in [3.63, 3.8) is 0 Å². The summed E-state index contributed by atoms with van der Waals surface area (Å²) in [7, 11) is 1.55. The topological polar surface area (TPSA) is 96.5 Å². The van der Waals surface area contributed by atoms with Gasteiger partial charge in [-0.3, -0.25) is 14.4 Å². The first-order chi connectivity index (χ1) is 16.5. The highest BCUT2D eigenvalue weighted by Gasteiger charge is 2.15. The molecule has 0 fully saturated rings. The van der Waals surface area contributed by atoms with Gasteiger partial charge in [-0.15, -0.1) is 11.3 Å². The van der Waals surface area contributed by atoms with Gasteiger partial charge in [0.25, 0.3) is 17.7 Å². The third-order valence-electron chi connectivity index (χ3n) is 4.90. The zero-order valence-electron chi connectivity index (χ0n) is 18.2. The quantitative estimate of drug-likeness (QED) is 0.331. The predicted octanol–water partition coefficient (Wildman–Crippen LogP) is 5.51. The van der Waals surface area contributed by atoms with Crippen molar-refractivity contribution in [2.75, 3.05) is 23.1 Å². The number of rotatable bonds is 7. The van der Waals surface area contributed by atoms with E-state index in [0.717, 1.165) is 0 Å². The van der Waals surface area contributed by atoms with Crippen LogP contribution < -0.4 is 20.7 Å². The fraction of sp³-hybridized carbons (Fsp3) is 0.0385. The molecule has 7 nitrogen and oxygen atoms in total. The molecular formula is C26H21N3O4S. The molecule has 0 unspecified atom stereocenters. The molecule has 1 heterocycles. The Morgan fingerprint density at radius 1 is 0.706 bits per heavy atom. The van der Waals surface area contributed by atoms with Crippen LogP contribution in [0.1, 0.15) is 30.4 Å². The number of thiophene rings is 1. The molecule has 0 saturated carbocycles. The van der Waals surface area contributed by atoms with E-state index in [4.69, 9.17) is 4.74 Å².